The van der Waals surface area contributed by atoms with Crippen LogP contribution < -0.4 is 20.7 Å². The fourth-order valence-electron chi connectivity index (χ4n) is 2.72. The molecule has 3 aromatic rings. The first kappa shape index (κ1) is 22.3. The quantitative estimate of drug-likeness (QED) is 0.365. The van der Waals surface area contributed by atoms with E-state index in [1.165, 1.54) is 19.3 Å². The molecule has 0 fully saturated rings. The van der Waals surface area contributed by atoms with Crippen molar-refractivity contribution in [1.29, 1.82) is 0 Å². The SMILES string of the molecule is COc1cc(/C=C\c2[nH]c(=O)[nH]c(=O)c2[N+](=O)[O-])cc(Br)c1OCc1ccccc1Cl. The van der Waals surface area contributed by atoms with E-state index in [0.29, 0.717) is 26.6 Å². The maximum atomic E-state index is 11.7. The number of aromatic amines is 2. The molecule has 0 aliphatic heterocycles. The van der Waals surface area contributed by atoms with Crippen LogP contribution in [0.3, 0.4) is 0 Å². The van der Waals surface area contributed by atoms with E-state index in [1.807, 2.05) is 23.2 Å². The van der Waals surface area contributed by atoms with Gasteiger partial charge in [0.25, 0.3) is 0 Å². The molecule has 3 rings (SSSR count). The van der Waals surface area contributed by atoms with Crippen LogP contribution in [0.1, 0.15) is 16.8 Å². The number of benzene rings is 2. The van der Waals surface area contributed by atoms with Gasteiger partial charge in [0, 0.05) is 10.6 Å². The van der Waals surface area contributed by atoms with Crippen molar-refractivity contribution in [2.75, 3.05) is 7.11 Å². The lowest BCUT2D eigenvalue weighted by Gasteiger charge is -2.14. The molecule has 0 atom stereocenters. The maximum absolute atomic E-state index is 11.7. The predicted octanol–water partition coefficient (Wildman–Crippen LogP) is 4.15. The molecule has 0 amide bonds. The first-order valence-electron chi connectivity index (χ1n) is 8.73. The first-order chi connectivity index (χ1) is 14.8. The third-order valence-corrected chi connectivity index (χ3v) is 5.11. The van der Waals surface area contributed by atoms with Gasteiger partial charge in [-0.15, -0.1) is 0 Å². The van der Waals surface area contributed by atoms with Gasteiger partial charge in [-0.25, -0.2) is 4.79 Å². The lowest BCUT2D eigenvalue weighted by Crippen LogP contribution is -2.25. The Hall–Kier alpha value is -3.37. The zero-order valence-corrected chi connectivity index (χ0v) is 18.3. The van der Waals surface area contributed by atoms with Crippen molar-refractivity contribution >= 4 is 45.4 Å². The fourth-order valence-corrected chi connectivity index (χ4v) is 3.48. The van der Waals surface area contributed by atoms with Gasteiger partial charge in [-0.1, -0.05) is 35.9 Å². The number of nitrogens with zero attached hydrogens (tertiary/aromatic N) is 1. The summed E-state index contributed by atoms with van der Waals surface area (Å²) in [5.74, 6) is 0.838. The van der Waals surface area contributed by atoms with Crippen LogP contribution in [-0.4, -0.2) is 22.0 Å². The average molecular weight is 509 g/mol. The van der Waals surface area contributed by atoms with Crippen LogP contribution >= 0.6 is 27.5 Å². The monoisotopic (exact) mass is 507 g/mol. The van der Waals surface area contributed by atoms with Gasteiger partial charge in [0.2, 0.25) is 0 Å². The molecule has 1 heterocycles. The molecule has 160 valence electrons. The van der Waals surface area contributed by atoms with Crippen LogP contribution in [0.25, 0.3) is 12.2 Å². The lowest BCUT2D eigenvalue weighted by molar-refractivity contribution is -0.386. The van der Waals surface area contributed by atoms with E-state index in [4.69, 9.17) is 21.1 Å². The zero-order chi connectivity index (χ0) is 22.5. The minimum absolute atomic E-state index is 0.212. The summed E-state index contributed by atoms with van der Waals surface area (Å²) in [6.07, 6.45) is 2.75. The topological polar surface area (TPSA) is 127 Å². The Kier molecular flexibility index (Phi) is 6.93. The molecule has 0 spiro atoms. The summed E-state index contributed by atoms with van der Waals surface area (Å²) in [6.45, 7) is 0.212. The molecule has 0 saturated carbocycles. The van der Waals surface area contributed by atoms with Gasteiger partial charge in [-0.05, 0) is 45.8 Å². The Morgan fingerprint density at radius 1 is 1.19 bits per heavy atom. The van der Waals surface area contributed by atoms with Crippen molar-refractivity contribution in [3.05, 3.63) is 93.7 Å². The minimum Gasteiger partial charge on any atom is -0.493 e. The zero-order valence-electron chi connectivity index (χ0n) is 16.0. The summed E-state index contributed by atoms with van der Waals surface area (Å²) in [7, 11) is 1.47. The highest BCUT2D eigenvalue weighted by Gasteiger charge is 2.19. The van der Waals surface area contributed by atoms with Gasteiger partial charge in [0.1, 0.15) is 12.3 Å². The van der Waals surface area contributed by atoms with E-state index in [-0.39, 0.29) is 12.3 Å². The van der Waals surface area contributed by atoms with Crippen LogP contribution in [-0.2, 0) is 6.61 Å². The molecule has 0 aliphatic rings. The molecule has 0 bridgehead atoms. The average Bonchev–Trinajstić information content (AvgIpc) is 2.71. The summed E-state index contributed by atoms with van der Waals surface area (Å²) in [5, 5.41) is 11.7. The summed E-state index contributed by atoms with van der Waals surface area (Å²) in [5.41, 5.74) is -1.56. The number of hydrogen-bond acceptors (Lipinski definition) is 6. The second-order valence-corrected chi connectivity index (χ2v) is 7.44. The molecule has 0 saturated heterocycles. The molecular weight excluding hydrogens is 494 g/mol. The van der Waals surface area contributed by atoms with Crippen LogP contribution in [0.5, 0.6) is 11.5 Å². The highest BCUT2D eigenvalue weighted by atomic mass is 79.9. The maximum Gasteiger partial charge on any atom is 0.357 e. The normalized spacial score (nSPS) is 10.9. The van der Waals surface area contributed by atoms with E-state index in [9.17, 15) is 19.7 Å². The molecule has 9 nitrogen and oxygen atoms in total. The summed E-state index contributed by atoms with van der Waals surface area (Å²) in [4.78, 5) is 37.6. The summed E-state index contributed by atoms with van der Waals surface area (Å²) < 4.78 is 11.8. The summed E-state index contributed by atoms with van der Waals surface area (Å²) in [6, 6.07) is 10.6. The van der Waals surface area contributed by atoms with Gasteiger partial charge < -0.3 is 14.5 Å². The second-order valence-electron chi connectivity index (χ2n) is 6.18. The van der Waals surface area contributed by atoms with Crippen LogP contribution in [0.15, 0.2) is 50.5 Å². The molecule has 11 heteroatoms. The van der Waals surface area contributed by atoms with Gasteiger partial charge in [0.05, 0.1) is 16.5 Å². The molecule has 0 unspecified atom stereocenters. The fraction of sp³-hybridized carbons (Fsp3) is 0.100. The lowest BCUT2D eigenvalue weighted by atomic mass is 10.1. The van der Waals surface area contributed by atoms with E-state index >= 15 is 0 Å². The number of nitrogens with one attached hydrogen (secondary N) is 2. The minimum atomic E-state index is -1.09. The highest BCUT2D eigenvalue weighted by Crippen LogP contribution is 2.38. The Balaban J connectivity index is 1.92. The van der Waals surface area contributed by atoms with Crippen molar-refractivity contribution in [3.8, 4) is 11.5 Å². The predicted molar refractivity (Wildman–Crippen MR) is 120 cm³/mol. The van der Waals surface area contributed by atoms with Crippen molar-refractivity contribution in [2.24, 2.45) is 0 Å². The number of nitro groups is 1. The number of halogens is 2. The van der Waals surface area contributed by atoms with Gasteiger partial charge in [-0.3, -0.25) is 19.9 Å². The number of hydrogen-bond donors (Lipinski definition) is 2. The van der Waals surface area contributed by atoms with Gasteiger partial charge in [0.15, 0.2) is 11.5 Å². The number of H-pyrrole nitrogens is 2. The van der Waals surface area contributed by atoms with Gasteiger partial charge >= 0.3 is 16.9 Å². The molecule has 31 heavy (non-hydrogen) atoms. The number of aromatic nitrogens is 2. The molecule has 2 aromatic carbocycles. The number of rotatable bonds is 7. The Labute approximate surface area is 188 Å². The number of methoxy groups -OCH3 is 1. The molecule has 1 aromatic heterocycles. The molecule has 2 N–H and O–H groups in total. The molecule has 0 radical (unpaired) electrons. The number of ether oxygens (including phenoxy) is 2. The van der Waals surface area contributed by atoms with E-state index in [0.717, 1.165) is 5.56 Å². The Bertz CT molecular complexity index is 1280. The Morgan fingerprint density at radius 2 is 1.94 bits per heavy atom. The molecule has 0 aliphatic carbocycles. The van der Waals surface area contributed by atoms with Crippen LogP contribution in [0.2, 0.25) is 5.02 Å². The third-order valence-electron chi connectivity index (χ3n) is 4.15. The van der Waals surface area contributed by atoms with E-state index in [2.05, 4.69) is 20.9 Å². The summed E-state index contributed by atoms with van der Waals surface area (Å²) >= 11 is 9.58. The largest absolute Gasteiger partial charge is 0.493 e. The third kappa shape index (κ3) is 5.22. The van der Waals surface area contributed by atoms with Crippen molar-refractivity contribution in [3.63, 3.8) is 0 Å². The Morgan fingerprint density at radius 3 is 2.61 bits per heavy atom. The van der Waals surface area contributed by atoms with Crippen molar-refractivity contribution in [1.82, 2.24) is 9.97 Å². The second kappa shape index (κ2) is 9.63. The van der Waals surface area contributed by atoms with Crippen molar-refractivity contribution in [2.45, 2.75) is 6.61 Å². The standard InChI is InChI=1S/C20H15BrClN3O6/c1-30-16-9-11(6-7-15-17(25(28)29)19(26)24-20(27)23-15)8-13(21)18(16)31-10-12-4-2-3-5-14(12)22/h2-9H,10H2,1H3,(H2,23,24,26,27)/b7-6-. The highest BCUT2D eigenvalue weighted by molar-refractivity contribution is 9.10. The van der Waals surface area contributed by atoms with Crippen LogP contribution in [0, 0.1) is 10.1 Å². The molecular formula is C20H15BrClN3O6. The van der Waals surface area contributed by atoms with Crippen molar-refractivity contribution < 1.29 is 14.4 Å². The van der Waals surface area contributed by atoms with E-state index in [1.54, 1.807) is 18.2 Å². The smallest absolute Gasteiger partial charge is 0.357 e. The van der Waals surface area contributed by atoms with E-state index < -0.39 is 21.9 Å². The first-order valence-corrected chi connectivity index (χ1v) is 9.90. The van der Waals surface area contributed by atoms with Gasteiger partial charge in [-0.2, -0.15) is 0 Å². The van der Waals surface area contributed by atoms with Crippen LogP contribution in [0.4, 0.5) is 5.69 Å².